The van der Waals surface area contributed by atoms with Gasteiger partial charge in [0.05, 0.1) is 6.61 Å². The van der Waals surface area contributed by atoms with Crippen LogP contribution in [0.15, 0.2) is 12.7 Å². The molecule has 0 radical (unpaired) electrons. The highest BCUT2D eigenvalue weighted by molar-refractivity contribution is 7.95. The summed E-state index contributed by atoms with van der Waals surface area (Å²) in [5.74, 6) is 0. The Balaban J connectivity index is 2.00. The van der Waals surface area contributed by atoms with Gasteiger partial charge in [-0.25, -0.2) is 0 Å². The summed E-state index contributed by atoms with van der Waals surface area (Å²) in [4.78, 5) is 0. The molecule has 1 nitrogen and oxygen atoms in total. The van der Waals surface area contributed by atoms with E-state index in [2.05, 4.69) is 6.58 Å². The van der Waals surface area contributed by atoms with E-state index in [1.54, 1.807) is 18.1 Å². The Hall–Kier alpha value is 0.0500. The molecule has 1 aliphatic carbocycles. The first kappa shape index (κ1) is 9.14. The molecule has 0 aromatic carbocycles. The lowest BCUT2D eigenvalue weighted by molar-refractivity contribution is 0.411. The van der Waals surface area contributed by atoms with Gasteiger partial charge in [0.25, 0.3) is 0 Å². The van der Waals surface area contributed by atoms with E-state index in [1.165, 1.54) is 32.1 Å². The maximum Gasteiger partial charge on any atom is 0.0792 e. The first-order valence-electron chi connectivity index (χ1n) is 4.32. The van der Waals surface area contributed by atoms with Crippen LogP contribution >= 0.6 is 12.0 Å². The Labute approximate surface area is 73.4 Å². The summed E-state index contributed by atoms with van der Waals surface area (Å²) >= 11 is 1.65. The standard InChI is InChI=1S/C9H16OS/c1-2-8-10-11-9-6-4-3-5-7-9/h2,9H,1,3-8H2. The summed E-state index contributed by atoms with van der Waals surface area (Å²) in [6.45, 7) is 4.29. The van der Waals surface area contributed by atoms with Gasteiger partial charge in [0.2, 0.25) is 0 Å². The predicted molar refractivity (Wildman–Crippen MR) is 50.6 cm³/mol. The molecule has 64 valence electrons. The van der Waals surface area contributed by atoms with E-state index in [0.717, 1.165) is 5.25 Å². The fraction of sp³-hybridized carbons (Fsp3) is 0.778. The van der Waals surface area contributed by atoms with E-state index >= 15 is 0 Å². The van der Waals surface area contributed by atoms with Gasteiger partial charge in [-0.1, -0.05) is 25.3 Å². The minimum atomic E-state index is 0.682. The Kier molecular flexibility index (Phi) is 4.71. The van der Waals surface area contributed by atoms with Gasteiger partial charge < -0.3 is 4.18 Å². The van der Waals surface area contributed by atoms with E-state index in [9.17, 15) is 0 Å². The van der Waals surface area contributed by atoms with Crippen LogP contribution in [0.3, 0.4) is 0 Å². The van der Waals surface area contributed by atoms with E-state index < -0.39 is 0 Å². The summed E-state index contributed by atoms with van der Waals surface area (Å²) in [6.07, 6.45) is 8.65. The van der Waals surface area contributed by atoms with Crippen molar-refractivity contribution in [2.24, 2.45) is 0 Å². The predicted octanol–water partition coefficient (Wildman–Crippen LogP) is 3.17. The van der Waals surface area contributed by atoms with Crippen molar-refractivity contribution >= 4 is 12.0 Å². The van der Waals surface area contributed by atoms with Crippen LogP contribution in [0.4, 0.5) is 0 Å². The zero-order valence-corrected chi connectivity index (χ0v) is 7.74. The molecule has 2 heteroatoms. The van der Waals surface area contributed by atoms with E-state index in [-0.39, 0.29) is 0 Å². The molecule has 0 N–H and O–H groups in total. The largest absolute Gasteiger partial charge is 0.311 e. The van der Waals surface area contributed by atoms with Gasteiger partial charge in [0.15, 0.2) is 0 Å². The van der Waals surface area contributed by atoms with Gasteiger partial charge in [-0.3, -0.25) is 0 Å². The average Bonchev–Trinajstić information content (AvgIpc) is 2.07. The van der Waals surface area contributed by atoms with Crippen molar-refractivity contribution in [3.05, 3.63) is 12.7 Å². The molecular formula is C9H16OS. The second kappa shape index (κ2) is 5.67. The zero-order valence-electron chi connectivity index (χ0n) is 6.92. The van der Waals surface area contributed by atoms with Crippen molar-refractivity contribution in [3.63, 3.8) is 0 Å². The van der Waals surface area contributed by atoms with Gasteiger partial charge in [0, 0.05) is 5.25 Å². The van der Waals surface area contributed by atoms with Crippen LogP contribution in [0.25, 0.3) is 0 Å². The van der Waals surface area contributed by atoms with E-state index in [0.29, 0.717) is 6.61 Å². The smallest absolute Gasteiger partial charge is 0.0792 e. The van der Waals surface area contributed by atoms with Crippen LogP contribution in [0, 0.1) is 0 Å². The second-order valence-electron chi connectivity index (χ2n) is 2.93. The SMILES string of the molecule is C=CCOSC1CCCCC1. The molecule has 0 aromatic heterocycles. The summed E-state index contributed by atoms with van der Waals surface area (Å²) in [5, 5.41) is 0.753. The van der Waals surface area contributed by atoms with Crippen molar-refractivity contribution < 1.29 is 4.18 Å². The number of hydrogen-bond donors (Lipinski definition) is 0. The average molecular weight is 172 g/mol. The topological polar surface area (TPSA) is 9.23 Å². The van der Waals surface area contributed by atoms with Crippen molar-refractivity contribution in [3.8, 4) is 0 Å². The Morgan fingerprint density at radius 3 is 2.73 bits per heavy atom. The molecule has 1 aliphatic rings. The zero-order chi connectivity index (χ0) is 7.94. The van der Waals surface area contributed by atoms with Crippen LogP contribution in [0.2, 0.25) is 0 Å². The highest BCUT2D eigenvalue weighted by Crippen LogP contribution is 2.28. The maximum absolute atomic E-state index is 5.32. The third-order valence-electron chi connectivity index (χ3n) is 1.94. The first-order valence-corrected chi connectivity index (χ1v) is 5.13. The summed E-state index contributed by atoms with van der Waals surface area (Å²) < 4.78 is 5.32. The Bertz CT molecular complexity index is 108. The van der Waals surface area contributed by atoms with Crippen molar-refractivity contribution in [2.45, 2.75) is 37.4 Å². The maximum atomic E-state index is 5.32. The normalized spacial score (nSPS) is 20.0. The molecular weight excluding hydrogens is 156 g/mol. The molecule has 1 fully saturated rings. The fourth-order valence-corrected chi connectivity index (χ4v) is 2.24. The van der Waals surface area contributed by atoms with Crippen LogP contribution in [0.5, 0.6) is 0 Å². The first-order chi connectivity index (χ1) is 5.43. The van der Waals surface area contributed by atoms with Crippen LogP contribution in [0.1, 0.15) is 32.1 Å². The molecule has 0 spiro atoms. The third kappa shape index (κ3) is 3.82. The van der Waals surface area contributed by atoms with Crippen LogP contribution in [-0.4, -0.2) is 11.9 Å². The molecule has 1 saturated carbocycles. The monoisotopic (exact) mass is 172 g/mol. The molecule has 0 heterocycles. The quantitative estimate of drug-likeness (QED) is 0.366. The van der Waals surface area contributed by atoms with Gasteiger partial charge in [-0.15, -0.1) is 6.58 Å². The van der Waals surface area contributed by atoms with Crippen LogP contribution in [-0.2, 0) is 4.18 Å². The highest BCUT2D eigenvalue weighted by Gasteiger charge is 2.13. The van der Waals surface area contributed by atoms with Gasteiger partial charge in [0.1, 0.15) is 0 Å². The van der Waals surface area contributed by atoms with E-state index in [4.69, 9.17) is 4.18 Å². The van der Waals surface area contributed by atoms with Crippen LogP contribution < -0.4 is 0 Å². The second-order valence-corrected chi connectivity index (χ2v) is 4.02. The third-order valence-corrected chi connectivity index (χ3v) is 2.96. The number of hydrogen-bond acceptors (Lipinski definition) is 2. The lowest BCUT2D eigenvalue weighted by atomic mass is 10.0. The fourth-order valence-electron chi connectivity index (χ4n) is 1.34. The van der Waals surface area contributed by atoms with Gasteiger partial charge in [-0.05, 0) is 24.9 Å². The lowest BCUT2D eigenvalue weighted by Crippen LogP contribution is -2.08. The molecule has 0 atom stereocenters. The Morgan fingerprint density at radius 1 is 1.36 bits per heavy atom. The molecule has 0 aromatic rings. The van der Waals surface area contributed by atoms with Crippen molar-refractivity contribution in [2.75, 3.05) is 6.61 Å². The summed E-state index contributed by atoms with van der Waals surface area (Å²) in [6, 6.07) is 0. The summed E-state index contributed by atoms with van der Waals surface area (Å²) in [5.41, 5.74) is 0. The lowest BCUT2D eigenvalue weighted by Gasteiger charge is -2.19. The molecule has 0 saturated heterocycles. The molecule has 0 unspecified atom stereocenters. The molecule has 0 bridgehead atoms. The summed E-state index contributed by atoms with van der Waals surface area (Å²) in [7, 11) is 0. The molecule has 0 amide bonds. The minimum absolute atomic E-state index is 0.682. The molecule has 1 rings (SSSR count). The van der Waals surface area contributed by atoms with Crippen molar-refractivity contribution in [1.82, 2.24) is 0 Å². The molecule has 11 heavy (non-hydrogen) atoms. The van der Waals surface area contributed by atoms with Gasteiger partial charge in [-0.2, -0.15) is 0 Å². The minimum Gasteiger partial charge on any atom is -0.311 e. The Morgan fingerprint density at radius 2 is 2.09 bits per heavy atom. The molecule has 0 aliphatic heterocycles. The van der Waals surface area contributed by atoms with E-state index in [1.807, 2.05) is 0 Å². The number of rotatable bonds is 4. The highest BCUT2D eigenvalue weighted by atomic mass is 32.2. The van der Waals surface area contributed by atoms with Crippen molar-refractivity contribution in [1.29, 1.82) is 0 Å². The van der Waals surface area contributed by atoms with Gasteiger partial charge >= 0.3 is 0 Å².